The van der Waals surface area contributed by atoms with Gasteiger partial charge in [-0.05, 0) is 30.3 Å². The standard InChI is InChI=1S/C14H13BrN2O2/c15-10-4-5-13(12(9-10)14(18)19)17-8-6-11-3-1-2-7-16-11/h1-5,7,9,17H,6,8H2,(H,18,19). The molecule has 2 rings (SSSR count). The molecule has 0 aliphatic rings. The molecule has 2 aromatic rings. The molecule has 1 aromatic heterocycles. The zero-order valence-corrected chi connectivity index (χ0v) is 11.7. The monoisotopic (exact) mass is 320 g/mol. The van der Waals surface area contributed by atoms with Gasteiger partial charge < -0.3 is 10.4 Å². The second kappa shape index (κ2) is 6.33. The summed E-state index contributed by atoms with van der Waals surface area (Å²) in [6.07, 6.45) is 2.49. The van der Waals surface area contributed by atoms with Crippen LogP contribution < -0.4 is 5.32 Å². The van der Waals surface area contributed by atoms with Crippen LogP contribution in [0.25, 0.3) is 0 Å². The Balaban J connectivity index is 2.02. The van der Waals surface area contributed by atoms with E-state index in [9.17, 15) is 4.79 Å². The molecule has 0 saturated carbocycles. The number of nitrogens with zero attached hydrogens (tertiary/aromatic N) is 1. The van der Waals surface area contributed by atoms with Gasteiger partial charge >= 0.3 is 5.97 Å². The van der Waals surface area contributed by atoms with E-state index >= 15 is 0 Å². The Kier molecular flexibility index (Phi) is 4.52. The molecule has 0 atom stereocenters. The lowest BCUT2D eigenvalue weighted by molar-refractivity contribution is 0.0698. The summed E-state index contributed by atoms with van der Waals surface area (Å²) < 4.78 is 0.750. The van der Waals surface area contributed by atoms with Gasteiger partial charge in [0.1, 0.15) is 0 Å². The average Bonchev–Trinajstić information content (AvgIpc) is 2.41. The van der Waals surface area contributed by atoms with E-state index in [1.807, 2.05) is 24.3 Å². The SMILES string of the molecule is O=C(O)c1cc(Br)ccc1NCCc1ccccn1. The van der Waals surface area contributed by atoms with Crippen LogP contribution in [0.3, 0.4) is 0 Å². The highest BCUT2D eigenvalue weighted by atomic mass is 79.9. The predicted octanol–water partition coefficient (Wildman–Crippen LogP) is 3.20. The van der Waals surface area contributed by atoms with Crippen LogP contribution >= 0.6 is 15.9 Å². The van der Waals surface area contributed by atoms with Gasteiger partial charge in [-0.15, -0.1) is 0 Å². The first-order valence-electron chi connectivity index (χ1n) is 5.83. The average molecular weight is 321 g/mol. The van der Waals surface area contributed by atoms with Crippen LogP contribution in [0.15, 0.2) is 47.1 Å². The van der Waals surface area contributed by atoms with Gasteiger partial charge in [-0.25, -0.2) is 4.79 Å². The number of benzene rings is 1. The minimum atomic E-state index is -0.943. The summed E-state index contributed by atoms with van der Waals surface area (Å²) in [7, 11) is 0. The van der Waals surface area contributed by atoms with Crippen molar-refractivity contribution in [3.05, 3.63) is 58.3 Å². The third kappa shape index (κ3) is 3.79. The number of rotatable bonds is 5. The highest BCUT2D eigenvalue weighted by Gasteiger charge is 2.10. The topological polar surface area (TPSA) is 62.2 Å². The van der Waals surface area contributed by atoms with Crippen LogP contribution in [0.2, 0.25) is 0 Å². The first-order valence-corrected chi connectivity index (χ1v) is 6.63. The lowest BCUT2D eigenvalue weighted by atomic mass is 10.1. The third-order valence-corrected chi connectivity index (χ3v) is 3.13. The number of pyridine rings is 1. The maximum atomic E-state index is 11.1. The van der Waals surface area contributed by atoms with Gasteiger partial charge in [-0.1, -0.05) is 22.0 Å². The number of halogens is 1. The van der Waals surface area contributed by atoms with Gasteiger partial charge in [-0.2, -0.15) is 0 Å². The highest BCUT2D eigenvalue weighted by Crippen LogP contribution is 2.21. The van der Waals surface area contributed by atoms with Crippen LogP contribution in [-0.2, 0) is 6.42 Å². The molecule has 0 aliphatic carbocycles. The van der Waals surface area contributed by atoms with Gasteiger partial charge in [0, 0.05) is 35.0 Å². The van der Waals surface area contributed by atoms with Crippen molar-refractivity contribution in [3.8, 4) is 0 Å². The van der Waals surface area contributed by atoms with Crippen molar-refractivity contribution in [2.45, 2.75) is 6.42 Å². The summed E-state index contributed by atoms with van der Waals surface area (Å²) >= 11 is 3.27. The molecular weight excluding hydrogens is 308 g/mol. The van der Waals surface area contributed by atoms with Crippen LogP contribution in [0.5, 0.6) is 0 Å². The van der Waals surface area contributed by atoms with E-state index in [1.165, 1.54) is 0 Å². The number of carboxylic acids is 1. The van der Waals surface area contributed by atoms with Crippen molar-refractivity contribution in [1.29, 1.82) is 0 Å². The molecule has 2 N–H and O–H groups in total. The maximum Gasteiger partial charge on any atom is 0.337 e. The van der Waals surface area contributed by atoms with E-state index in [0.29, 0.717) is 12.2 Å². The van der Waals surface area contributed by atoms with Crippen molar-refractivity contribution < 1.29 is 9.90 Å². The zero-order valence-electron chi connectivity index (χ0n) is 10.1. The molecular formula is C14H13BrN2O2. The number of hydrogen-bond acceptors (Lipinski definition) is 3. The van der Waals surface area contributed by atoms with E-state index in [0.717, 1.165) is 16.6 Å². The number of aromatic nitrogens is 1. The smallest absolute Gasteiger partial charge is 0.337 e. The fourth-order valence-corrected chi connectivity index (χ4v) is 2.08. The van der Waals surface area contributed by atoms with Crippen molar-refractivity contribution in [3.63, 3.8) is 0 Å². The van der Waals surface area contributed by atoms with Crippen LogP contribution in [0, 0.1) is 0 Å². The lowest BCUT2D eigenvalue weighted by Gasteiger charge is -2.09. The molecule has 4 nitrogen and oxygen atoms in total. The maximum absolute atomic E-state index is 11.1. The summed E-state index contributed by atoms with van der Waals surface area (Å²) in [5.74, 6) is -0.943. The van der Waals surface area contributed by atoms with Gasteiger partial charge in [-0.3, -0.25) is 4.98 Å². The molecule has 98 valence electrons. The molecule has 5 heteroatoms. The summed E-state index contributed by atoms with van der Waals surface area (Å²) in [5, 5.41) is 12.3. The number of carboxylic acid groups (broad SMARTS) is 1. The number of nitrogens with one attached hydrogen (secondary N) is 1. The number of hydrogen-bond donors (Lipinski definition) is 2. The van der Waals surface area contributed by atoms with Gasteiger partial charge in [0.05, 0.1) is 5.56 Å². The normalized spacial score (nSPS) is 10.2. The minimum absolute atomic E-state index is 0.260. The minimum Gasteiger partial charge on any atom is -0.478 e. The molecule has 1 heterocycles. The number of carbonyl (C=O) groups is 1. The Hall–Kier alpha value is -1.88. The molecule has 0 aliphatic heterocycles. The Morgan fingerprint density at radius 1 is 1.32 bits per heavy atom. The number of anilines is 1. The largest absolute Gasteiger partial charge is 0.478 e. The summed E-state index contributed by atoms with van der Waals surface area (Å²) in [6, 6.07) is 10.9. The predicted molar refractivity (Wildman–Crippen MR) is 77.5 cm³/mol. The Labute approximate surface area is 119 Å². The molecule has 1 aromatic carbocycles. The molecule has 0 radical (unpaired) electrons. The van der Waals surface area contributed by atoms with E-state index in [1.54, 1.807) is 18.3 Å². The van der Waals surface area contributed by atoms with Gasteiger partial charge in [0.15, 0.2) is 0 Å². The van der Waals surface area contributed by atoms with Gasteiger partial charge in [0.2, 0.25) is 0 Å². The Bertz CT molecular complexity index is 573. The van der Waals surface area contributed by atoms with E-state index in [2.05, 4.69) is 26.2 Å². The summed E-state index contributed by atoms with van der Waals surface area (Å²) in [6.45, 7) is 0.638. The van der Waals surface area contributed by atoms with Gasteiger partial charge in [0.25, 0.3) is 0 Å². The van der Waals surface area contributed by atoms with Crippen molar-refractivity contribution in [2.24, 2.45) is 0 Å². The summed E-state index contributed by atoms with van der Waals surface area (Å²) in [5.41, 5.74) is 1.85. The molecule has 0 bridgehead atoms. The fraction of sp³-hybridized carbons (Fsp3) is 0.143. The van der Waals surface area contributed by atoms with Crippen LogP contribution in [0.1, 0.15) is 16.1 Å². The van der Waals surface area contributed by atoms with E-state index in [-0.39, 0.29) is 5.56 Å². The molecule has 0 amide bonds. The third-order valence-electron chi connectivity index (χ3n) is 2.63. The second-order valence-electron chi connectivity index (χ2n) is 3.99. The van der Waals surface area contributed by atoms with Crippen molar-refractivity contribution in [2.75, 3.05) is 11.9 Å². The lowest BCUT2D eigenvalue weighted by Crippen LogP contribution is -2.10. The first-order chi connectivity index (χ1) is 9.16. The molecule has 0 fully saturated rings. The molecule has 19 heavy (non-hydrogen) atoms. The highest BCUT2D eigenvalue weighted by molar-refractivity contribution is 9.10. The van der Waals surface area contributed by atoms with Crippen LogP contribution in [0.4, 0.5) is 5.69 Å². The Morgan fingerprint density at radius 2 is 2.16 bits per heavy atom. The van der Waals surface area contributed by atoms with E-state index in [4.69, 9.17) is 5.11 Å². The first kappa shape index (κ1) is 13.5. The molecule has 0 saturated heterocycles. The quantitative estimate of drug-likeness (QED) is 0.888. The second-order valence-corrected chi connectivity index (χ2v) is 4.91. The van der Waals surface area contributed by atoms with Crippen molar-refractivity contribution in [1.82, 2.24) is 4.98 Å². The van der Waals surface area contributed by atoms with Crippen LogP contribution in [-0.4, -0.2) is 22.6 Å². The zero-order chi connectivity index (χ0) is 13.7. The summed E-state index contributed by atoms with van der Waals surface area (Å²) in [4.78, 5) is 15.4. The molecule has 0 spiro atoms. The van der Waals surface area contributed by atoms with Crippen molar-refractivity contribution >= 4 is 27.6 Å². The molecule has 0 unspecified atom stereocenters. The Morgan fingerprint density at radius 3 is 2.84 bits per heavy atom. The fourth-order valence-electron chi connectivity index (χ4n) is 1.72. The van der Waals surface area contributed by atoms with E-state index < -0.39 is 5.97 Å². The number of aromatic carboxylic acids is 1.